The van der Waals surface area contributed by atoms with Crippen LogP contribution in [-0.4, -0.2) is 32.4 Å². The summed E-state index contributed by atoms with van der Waals surface area (Å²) in [5.74, 6) is -3.76. The summed E-state index contributed by atoms with van der Waals surface area (Å²) in [6.45, 7) is 0.693. The molecule has 0 saturated heterocycles. The van der Waals surface area contributed by atoms with Crippen LogP contribution < -0.4 is 15.7 Å². The van der Waals surface area contributed by atoms with Gasteiger partial charge in [0, 0.05) is 12.3 Å². The number of hydrogen-bond donors (Lipinski definition) is 1. The van der Waals surface area contributed by atoms with Crippen LogP contribution in [0.15, 0.2) is 65.6 Å². The molecule has 1 atom stereocenters. The second-order valence-corrected chi connectivity index (χ2v) is 7.16. The van der Waals surface area contributed by atoms with E-state index in [2.05, 4.69) is 10.4 Å². The summed E-state index contributed by atoms with van der Waals surface area (Å²) >= 11 is 0. The van der Waals surface area contributed by atoms with Gasteiger partial charge in [0.15, 0.2) is 11.8 Å². The summed E-state index contributed by atoms with van der Waals surface area (Å²) in [5, 5.41) is 6.13. The Morgan fingerprint density at radius 2 is 1.76 bits per heavy atom. The van der Waals surface area contributed by atoms with Crippen molar-refractivity contribution in [2.75, 3.05) is 5.32 Å². The van der Waals surface area contributed by atoms with Crippen LogP contribution in [0.25, 0.3) is 11.3 Å². The van der Waals surface area contributed by atoms with Crippen molar-refractivity contribution in [2.45, 2.75) is 19.2 Å². The Bertz CT molecular complexity index is 1440. The lowest BCUT2D eigenvalue weighted by Crippen LogP contribution is -2.32. The van der Waals surface area contributed by atoms with E-state index in [1.165, 1.54) is 36.5 Å². The van der Waals surface area contributed by atoms with Crippen molar-refractivity contribution in [3.05, 3.63) is 88.5 Å². The number of alkyl halides is 3. The second-order valence-electron chi connectivity index (χ2n) is 7.16. The summed E-state index contributed by atoms with van der Waals surface area (Å²) in [6, 6.07) is 11.0. The van der Waals surface area contributed by atoms with Crippen molar-refractivity contribution >= 4 is 17.2 Å². The molecule has 2 aromatic heterocycles. The van der Waals surface area contributed by atoms with E-state index in [-0.39, 0.29) is 11.3 Å². The van der Waals surface area contributed by atoms with E-state index in [0.29, 0.717) is 17.7 Å². The summed E-state index contributed by atoms with van der Waals surface area (Å²) in [4.78, 5) is 25.4. The molecule has 1 unspecified atom stereocenters. The number of carbonyl (C=O) groups is 1. The Balaban J connectivity index is 1.83. The molecule has 0 radical (unpaired) electrons. The van der Waals surface area contributed by atoms with Crippen molar-refractivity contribution in [1.82, 2.24) is 14.2 Å². The van der Waals surface area contributed by atoms with E-state index in [9.17, 15) is 27.2 Å². The highest BCUT2D eigenvalue weighted by Crippen LogP contribution is 2.31. The van der Waals surface area contributed by atoms with Gasteiger partial charge in [-0.2, -0.15) is 17.9 Å². The molecule has 176 valence electrons. The number of nitrogens with one attached hydrogen (secondary N) is 1. The predicted molar refractivity (Wildman–Crippen MR) is 111 cm³/mol. The van der Waals surface area contributed by atoms with Crippen LogP contribution in [0.5, 0.6) is 5.75 Å². The maximum absolute atomic E-state index is 15.0. The Morgan fingerprint density at radius 3 is 2.44 bits per heavy atom. The van der Waals surface area contributed by atoms with Gasteiger partial charge in [0.1, 0.15) is 23.1 Å². The van der Waals surface area contributed by atoms with Gasteiger partial charge in [0.05, 0.1) is 11.3 Å². The molecular weight excluding hydrogens is 463 g/mol. The Morgan fingerprint density at radius 1 is 1.06 bits per heavy atom. The van der Waals surface area contributed by atoms with Crippen LogP contribution in [0, 0.1) is 11.6 Å². The fourth-order valence-electron chi connectivity index (χ4n) is 3.07. The van der Waals surface area contributed by atoms with Crippen LogP contribution in [0.3, 0.4) is 0 Å². The molecule has 4 aromatic rings. The lowest BCUT2D eigenvalue weighted by atomic mass is 10.1. The van der Waals surface area contributed by atoms with Crippen LogP contribution in [0.1, 0.15) is 17.3 Å². The van der Waals surface area contributed by atoms with E-state index in [1.807, 2.05) is 0 Å². The fraction of sp³-hybridized carbons (Fsp3) is 0.136. The van der Waals surface area contributed by atoms with Crippen LogP contribution in [0.4, 0.5) is 27.6 Å². The molecule has 2 aromatic carbocycles. The van der Waals surface area contributed by atoms with Crippen molar-refractivity contribution in [1.29, 1.82) is 0 Å². The normalized spacial score (nSPS) is 12.5. The molecule has 0 bridgehead atoms. The number of ether oxygens (including phenoxy) is 1. The first-order chi connectivity index (χ1) is 16.1. The Hall–Kier alpha value is -4.22. The minimum Gasteiger partial charge on any atom is -0.480 e. The maximum Gasteiger partial charge on any atom is 0.425 e. The number of para-hydroxylation sites is 1. The quantitative estimate of drug-likeness (QED) is 0.433. The highest BCUT2D eigenvalue weighted by molar-refractivity contribution is 6.06. The summed E-state index contributed by atoms with van der Waals surface area (Å²) in [7, 11) is 0. The predicted octanol–water partition coefficient (Wildman–Crippen LogP) is 4.35. The third kappa shape index (κ3) is 4.34. The molecule has 2 heterocycles. The van der Waals surface area contributed by atoms with Crippen molar-refractivity contribution in [3.63, 3.8) is 0 Å². The van der Waals surface area contributed by atoms with Crippen LogP contribution >= 0.6 is 0 Å². The third-order valence-electron chi connectivity index (χ3n) is 4.84. The van der Waals surface area contributed by atoms with E-state index in [1.54, 1.807) is 6.07 Å². The molecular formula is C22H15F5N4O3. The third-order valence-corrected chi connectivity index (χ3v) is 4.84. The number of hydrogen-bond acceptors (Lipinski definition) is 4. The van der Waals surface area contributed by atoms with Crippen molar-refractivity contribution in [3.8, 4) is 11.4 Å². The average molecular weight is 478 g/mol. The minimum atomic E-state index is -4.81. The Labute approximate surface area is 188 Å². The average Bonchev–Trinajstić information content (AvgIpc) is 3.12. The zero-order valence-electron chi connectivity index (χ0n) is 17.3. The highest BCUT2D eigenvalue weighted by Gasteiger charge is 2.39. The Kier molecular flexibility index (Phi) is 5.82. The van der Waals surface area contributed by atoms with E-state index >= 15 is 4.39 Å². The molecule has 0 saturated carbocycles. The standard InChI is InChI=1S/C22H15F5N4O3/c1-12(22(25,26)27)34-18-11-17(31-21(33)30-9-5-4-8-19(30)29-31)15(24)10-13(18)20(32)28-16-7-3-2-6-14(16)23/h2-12H,1H3,(H,28,32). The number of pyridine rings is 1. The van der Waals surface area contributed by atoms with Gasteiger partial charge in [-0.05, 0) is 37.3 Å². The van der Waals surface area contributed by atoms with Gasteiger partial charge in [-0.3, -0.25) is 4.79 Å². The molecule has 12 heteroatoms. The number of fused-ring (bicyclic) bond motifs is 1. The first kappa shape index (κ1) is 23.0. The topological polar surface area (TPSA) is 77.6 Å². The maximum atomic E-state index is 15.0. The summed E-state index contributed by atoms with van der Waals surface area (Å²) in [5.41, 5.74) is -2.10. The molecule has 0 fully saturated rings. The largest absolute Gasteiger partial charge is 0.480 e. The molecule has 0 spiro atoms. The number of carbonyl (C=O) groups excluding carboxylic acids is 1. The number of benzene rings is 2. The SMILES string of the molecule is CC(Oc1cc(-n2nc3ccccn3c2=O)c(F)cc1C(=O)Nc1ccccc1F)C(F)(F)F. The highest BCUT2D eigenvalue weighted by atomic mass is 19.4. The molecule has 0 aliphatic carbocycles. The van der Waals surface area contributed by atoms with Crippen molar-refractivity contribution < 1.29 is 31.5 Å². The van der Waals surface area contributed by atoms with Gasteiger partial charge in [0.2, 0.25) is 0 Å². The second kappa shape index (κ2) is 8.61. The molecule has 4 rings (SSSR count). The number of anilines is 1. The van der Waals surface area contributed by atoms with Gasteiger partial charge < -0.3 is 10.1 Å². The summed E-state index contributed by atoms with van der Waals surface area (Å²) < 4.78 is 75.1. The van der Waals surface area contributed by atoms with E-state index in [4.69, 9.17) is 4.74 Å². The van der Waals surface area contributed by atoms with Gasteiger partial charge in [-0.1, -0.05) is 18.2 Å². The molecule has 34 heavy (non-hydrogen) atoms. The first-order valence-corrected chi connectivity index (χ1v) is 9.76. The number of nitrogens with zero attached hydrogens (tertiary/aromatic N) is 3. The molecule has 1 N–H and O–H groups in total. The number of rotatable bonds is 5. The lowest BCUT2D eigenvalue weighted by molar-refractivity contribution is -0.189. The van der Waals surface area contributed by atoms with E-state index < -0.39 is 52.5 Å². The van der Waals surface area contributed by atoms with Crippen LogP contribution in [0.2, 0.25) is 0 Å². The zero-order chi connectivity index (χ0) is 24.6. The van der Waals surface area contributed by atoms with Crippen LogP contribution in [-0.2, 0) is 0 Å². The smallest absolute Gasteiger partial charge is 0.425 e. The van der Waals surface area contributed by atoms with Crippen molar-refractivity contribution in [2.24, 2.45) is 0 Å². The first-order valence-electron chi connectivity index (χ1n) is 9.76. The molecule has 0 aliphatic heterocycles. The van der Waals surface area contributed by atoms with Gasteiger partial charge in [-0.25, -0.2) is 18.0 Å². The monoisotopic (exact) mass is 478 g/mol. The number of amides is 1. The minimum absolute atomic E-state index is 0.152. The van der Waals surface area contributed by atoms with E-state index in [0.717, 1.165) is 16.5 Å². The van der Waals surface area contributed by atoms with Gasteiger partial charge in [0.25, 0.3) is 5.91 Å². The number of aromatic nitrogens is 3. The zero-order valence-corrected chi connectivity index (χ0v) is 17.3. The molecule has 7 nitrogen and oxygen atoms in total. The van der Waals surface area contributed by atoms with Gasteiger partial charge >= 0.3 is 11.9 Å². The molecule has 0 aliphatic rings. The van der Waals surface area contributed by atoms with Gasteiger partial charge in [-0.15, -0.1) is 5.10 Å². The lowest BCUT2D eigenvalue weighted by Gasteiger charge is -2.20. The fourth-order valence-corrected chi connectivity index (χ4v) is 3.07. The summed E-state index contributed by atoms with van der Waals surface area (Å²) in [6.07, 6.45) is -5.82. The number of halogens is 5. The molecule has 1 amide bonds.